The van der Waals surface area contributed by atoms with Gasteiger partial charge in [-0.25, -0.2) is 0 Å². The van der Waals surface area contributed by atoms with Crippen LogP contribution in [0.1, 0.15) is 38.4 Å². The maximum absolute atomic E-state index is 12.2. The summed E-state index contributed by atoms with van der Waals surface area (Å²) in [6.45, 7) is 4.89. The Bertz CT molecular complexity index is 509. The van der Waals surface area contributed by atoms with Crippen molar-refractivity contribution in [3.63, 3.8) is 0 Å². The Morgan fingerprint density at radius 1 is 1.50 bits per heavy atom. The lowest BCUT2D eigenvalue weighted by Crippen LogP contribution is -2.42. The zero-order valence-corrected chi connectivity index (χ0v) is 13.1. The van der Waals surface area contributed by atoms with Crippen LogP contribution >= 0.6 is 0 Å². The highest BCUT2D eigenvalue weighted by atomic mass is 16.5. The highest BCUT2D eigenvalue weighted by Crippen LogP contribution is 2.14. The van der Waals surface area contributed by atoms with E-state index in [0.29, 0.717) is 24.5 Å². The number of carbonyl (C=O) groups is 2. The second kappa shape index (κ2) is 7.93. The topological polar surface area (TPSA) is 84.7 Å². The molecule has 1 atom stereocenters. The quantitative estimate of drug-likeness (QED) is 0.829. The first-order valence-electron chi connectivity index (χ1n) is 7.71. The lowest BCUT2D eigenvalue weighted by atomic mass is 10.2. The van der Waals surface area contributed by atoms with E-state index in [1.165, 1.54) is 0 Å². The summed E-state index contributed by atoms with van der Waals surface area (Å²) < 4.78 is 10.5. The molecule has 2 amide bonds. The normalized spacial score (nSPS) is 17.5. The molecule has 0 saturated carbocycles. The van der Waals surface area contributed by atoms with E-state index >= 15 is 0 Å². The molecule has 1 aromatic heterocycles. The van der Waals surface area contributed by atoms with E-state index in [1.54, 1.807) is 17.9 Å². The number of carbonyl (C=O) groups excluding carboxylic acids is 2. The lowest BCUT2D eigenvalue weighted by Gasteiger charge is -2.24. The number of ether oxygens (including phenoxy) is 1. The molecule has 7 nitrogen and oxygen atoms in total. The fourth-order valence-electron chi connectivity index (χ4n) is 2.44. The highest BCUT2D eigenvalue weighted by molar-refractivity contribution is 5.93. The van der Waals surface area contributed by atoms with Crippen LogP contribution in [0.25, 0.3) is 0 Å². The van der Waals surface area contributed by atoms with Crippen LogP contribution in [-0.2, 0) is 14.3 Å². The molecule has 0 bridgehead atoms. The molecule has 2 heterocycles. The molecule has 1 N–H and O–H groups in total. The van der Waals surface area contributed by atoms with Crippen molar-refractivity contribution in [2.24, 2.45) is 0 Å². The van der Waals surface area contributed by atoms with Gasteiger partial charge in [-0.05, 0) is 26.2 Å². The summed E-state index contributed by atoms with van der Waals surface area (Å²) in [6, 6.07) is 1.64. The minimum absolute atomic E-state index is 0.00456. The molecule has 7 heteroatoms. The lowest BCUT2D eigenvalue weighted by molar-refractivity contribution is -0.136. The van der Waals surface area contributed by atoms with Crippen LogP contribution in [-0.4, -0.2) is 47.7 Å². The smallest absolute Gasteiger partial charge is 0.245 e. The zero-order valence-electron chi connectivity index (χ0n) is 13.1. The molecule has 2 rings (SSSR count). The van der Waals surface area contributed by atoms with E-state index in [-0.39, 0.29) is 24.5 Å². The predicted molar refractivity (Wildman–Crippen MR) is 80.3 cm³/mol. The highest BCUT2D eigenvalue weighted by Gasteiger charge is 2.24. The molecule has 0 radical (unpaired) electrons. The fraction of sp³-hybridized carbons (Fsp3) is 0.667. The van der Waals surface area contributed by atoms with Crippen molar-refractivity contribution in [2.75, 3.05) is 25.0 Å². The van der Waals surface area contributed by atoms with Gasteiger partial charge in [0, 0.05) is 25.6 Å². The van der Waals surface area contributed by atoms with Crippen molar-refractivity contribution in [2.45, 2.75) is 45.6 Å². The molecule has 1 saturated heterocycles. The Morgan fingerprint density at radius 3 is 2.91 bits per heavy atom. The Balaban J connectivity index is 1.91. The van der Waals surface area contributed by atoms with E-state index < -0.39 is 0 Å². The average molecular weight is 309 g/mol. The predicted octanol–water partition coefficient (Wildman–Crippen LogP) is 1.73. The molecule has 1 fully saturated rings. The first-order valence-corrected chi connectivity index (χ1v) is 7.71. The van der Waals surface area contributed by atoms with E-state index in [1.807, 2.05) is 6.92 Å². The number of aryl methyl sites for hydroxylation is 1. The summed E-state index contributed by atoms with van der Waals surface area (Å²) in [5, 5.41) is 6.35. The largest absolute Gasteiger partial charge is 0.376 e. The third-order valence-electron chi connectivity index (χ3n) is 3.49. The van der Waals surface area contributed by atoms with Gasteiger partial charge >= 0.3 is 0 Å². The molecule has 0 spiro atoms. The Hall–Kier alpha value is -1.89. The van der Waals surface area contributed by atoms with Crippen molar-refractivity contribution < 1.29 is 18.8 Å². The second-order valence-corrected chi connectivity index (χ2v) is 5.53. The zero-order chi connectivity index (χ0) is 15.9. The van der Waals surface area contributed by atoms with E-state index in [9.17, 15) is 9.59 Å². The van der Waals surface area contributed by atoms with Crippen molar-refractivity contribution >= 4 is 17.6 Å². The minimum Gasteiger partial charge on any atom is -0.376 e. The first kappa shape index (κ1) is 16.5. The Kier molecular flexibility index (Phi) is 5.94. The molecule has 122 valence electrons. The Labute approximate surface area is 130 Å². The third kappa shape index (κ3) is 4.84. The minimum atomic E-state index is -0.282. The summed E-state index contributed by atoms with van der Waals surface area (Å²) in [7, 11) is 0. The van der Waals surface area contributed by atoms with Gasteiger partial charge in [0.1, 0.15) is 5.76 Å². The van der Waals surface area contributed by atoms with Crippen molar-refractivity contribution in [1.82, 2.24) is 10.1 Å². The number of nitrogens with zero attached hydrogens (tertiary/aromatic N) is 2. The standard InChI is InChI=1S/C15H23N3O4/c1-3-5-15(20)18(9-12-6-4-7-21-12)10-14(19)16-13-8-11(2)22-17-13/h8,12H,3-7,9-10H2,1-2H3,(H,16,17,19). The van der Waals surface area contributed by atoms with Gasteiger partial charge in [0.15, 0.2) is 5.82 Å². The summed E-state index contributed by atoms with van der Waals surface area (Å²) in [5.41, 5.74) is 0. The van der Waals surface area contributed by atoms with Gasteiger partial charge in [-0.2, -0.15) is 0 Å². The second-order valence-electron chi connectivity index (χ2n) is 5.53. The van der Waals surface area contributed by atoms with Gasteiger partial charge in [-0.1, -0.05) is 12.1 Å². The number of nitrogens with one attached hydrogen (secondary N) is 1. The van der Waals surface area contributed by atoms with Crippen molar-refractivity contribution in [3.8, 4) is 0 Å². The first-order chi connectivity index (χ1) is 10.6. The van der Waals surface area contributed by atoms with Crippen molar-refractivity contribution in [1.29, 1.82) is 0 Å². The van der Waals surface area contributed by atoms with E-state index in [2.05, 4.69) is 10.5 Å². The van der Waals surface area contributed by atoms with Gasteiger partial charge < -0.3 is 19.5 Å². The van der Waals surface area contributed by atoms with Crippen LogP contribution in [0.3, 0.4) is 0 Å². The van der Waals surface area contributed by atoms with Gasteiger partial charge in [-0.15, -0.1) is 0 Å². The van der Waals surface area contributed by atoms with E-state index in [4.69, 9.17) is 9.26 Å². The number of amides is 2. The van der Waals surface area contributed by atoms with Crippen LogP contribution < -0.4 is 5.32 Å². The van der Waals surface area contributed by atoms with Crippen LogP contribution in [0, 0.1) is 6.92 Å². The SMILES string of the molecule is CCCC(=O)N(CC(=O)Nc1cc(C)on1)CC1CCCO1. The fourth-order valence-corrected chi connectivity index (χ4v) is 2.44. The van der Waals surface area contributed by atoms with E-state index in [0.717, 1.165) is 25.9 Å². The molecule has 1 unspecified atom stereocenters. The molecule has 1 aliphatic heterocycles. The summed E-state index contributed by atoms with van der Waals surface area (Å²) in [5.74, 6) is 0.677. The van der Waals surface area contributed by atoms with Crippen LogP contribution in [0.5, 0.6) is 0 Å². The molecule has 1 aliphatic rings. The molecular formula is C15H23N3O4. The maximum atomic E-state index is 12.2. The van der Waals surface area contributed by atoms with Gasteiger partial charge in [0.25, 0.3) is 0 Å². The monoisotopic (exact) mass is 309 g/mol. The third-order valence-corrected chi connectivity index (χ3v) is 3.49. The van der Waals surface area contributed by atoms with Gasteiger partial charge in [0.2, 0.25) is 11.8 Å². The molecule has 0 aromatic carbocycles. The molecular weight excluding hydrogens is 286 g/mol. The molecule has 22 heavy (non-hydrogen) atoms. The van der Waals surface area contributed by atoms with Crippen LogP contribution in [0.2, 0.25) is 0 Å². The molecule has 1 aromatic rings. The number of anilines is 1. The van der Waals surface area contributed by atoms with Gasteiger partial charge in [0.05, 0.1) is 12.6 Å². The maximum Gasteiger partial charge on any atom is 0.245 e. The van der Waals surface area contributed by atoms with Crippen LogP contribution in [0.15, 0.2) is 10.6 Å². The van der Waals surface area contributed by atoms with Crippen molar-refractivity contribution in [3.05, 3.63) is 11.8 Å². The summed E-state index contributed by atoms with van der Waals surface area (Å²) >= 11 is 0. The average Bonchev–Trinajstić information content (AvgIpc) is 3.10. The molecule has 0 aliphatic carbocycles. The van der Waals surface area contributed by atoms with Crippen LogP contribution in [0.4, 0.5) is 5.82 Å². The number of hydrogen-bond donors (Lipinski definition) is 1. The number of rotatable bonds is 7. The summed E-state index contributed by atoms with van der Waals surface area (Å²) in [4.78, 5) is 25.8. The summed E-state index contributed by atoms with van der Waals surface area (Å²) in [6.07, 6.45) is 3.15. The van der Waals surface area contributed by atoms with Gasteiger partial charge in [-0.3, -0.25) is 9.59 Å². The Morgan fingerprint density at radius 2 is 2.32 bits per heavy atom. The number of aromatic nitrogens is 1. The number of hydrogen-bond acceptors (Lipinski definition) is 5.